The Morgan fingerprint density at radius 2 is 1.69 bits per heavy atom. The average Bonchev–Trinajstić information content (AvgIpc) is 2.19. The van der Waals surface area contributed by atoms with Crippen LogP contribution in [0.3, 0.4) is 0 Å². The van der Waals surface area contributed by atoms with Crippen LogP contribution in [0.4, 0.5) is 13.2 Å². The van der Waals surface area contributed by atoms with Crippen molar-refractivity contribution in [3.05, 3.63) is 35.4 Å². The molecule has 0 N–H and O–H groups in total. The second-order valence-electron chi connectivity index (χ2n) is 3.80. The van der Waals surface area contributed by atoms with E-state index in [-0.39, 0.29) is 0 Å². The van der Waals surface area contributed by atoms with Crippen LogP contribution in [-0.4, -0.2) is 0 Å². The lowest BCUT2D eigenvalue weighted by atomic mass is 10.0. The molecule has 0 saturated carbocycles. The van der Waals surface area contributed by atoms with E-state index in [9.17, 15) is 13.2 Å². The molecule has 16 heavy (non-hydrogen) atoms. The molecule has 1 aromatic rings. The number of alkyl halides is 3. The van der Waals surface area contributed by atoms with Gasteiger partial charge in [-0.05, 0) is 24.0 Å². The highest BCUT2D eigenvalue weighted by Crippen LogP contribution is 2.29. The van der Waals surface area contributed by atoms with Crippen LogP contribution in [-0.2, 0) is 12.6 Å². The molecule has 1 aromatic carbocycles. The molecule has 3 heteroatoms. The molecular formula is C13H19F3. The molecule has 0 aliphatic rings. The minimum Gasteiger partial charge on any atom is -0.166 e. The van der Waals surface area contributed by atoms with Crippen molar-refractivity contribution in [2.24, 2.45) is 5.92 Å². The molecule has 0 radical (unpaired) electrons. The monoisotopic (exact) mass is 232 g/mol. The van der Waals surface area contributed by atoms with Crippen LogP contribution in [0.2, 0.25) is 0 Å². The van der Waals surface area contributed by atoms with Crippen molar-refractivity contribution in [1.29, 1.82) is 0 Å². The SMILES string of the molecule is CC.CC(C)Cc1cccc(C(F)(F)F)c1. The highest BCUT2D eigenvalue weighted by atomic mass is 19.4. The Labute approximate surface area is 95.5 Å². The summed E-state index contributed by atoms with van der Waals surface area (Å²) in [6.07, 6.45) is -3.54. The van der Waals surface area contributed by atoms with Crippen molar-refractivity contribution >= 4 is 0 Å². The van der Waals surface area contributed by atoms with E-state index in [0.717, 1.165) is 11.6 Å². The van der Waals surface area contributed by atoms with Crippen molar-refractivity contribution in [3.63, 3.8) is 0 Å². The molecular weight excluding hydrogens is 213 g/mol. The minimum absolute atomic E-state index is 0.374. The van der Waals surface area contributed by atoms with E-state index in [0.29, 0.717) is 12.3 Å². The van der Waals surface area contributed by atoms with Gasteiger partial charge in [0.15, 0.2) is 0 Å². The first kappa shape index (κ1) is 15.0. The summed E-state index contributed by atoms with van der Waals surface area (Å²) in [5.74, 6) is 0.374. The first-order valence-electron chi connectivity index (χ1n) is 5.55. The maximum absolute atomic E-state index is 12.3. The fourth-order valence-corrected chi connectivity index (χ4v) is 1.35. The van der Waals surface area contributed by atoms with Gasteiger partial charge in [-0.15, -0.1) is 0 Å². The summed E-state index contributed by atoms with van der Waals surface area (Å²) in [6.45, 7) is 7.97. The minimum atomic E-state index is -4.23. The Morgan fingerprint density at radius 1 is 1.12 bits per heavy atom. The summed E-state index contributed by atoms with van der Waals surface area (Å²) in [4.78, 5) is 0. The third-order valence-electron chi connectivity index (χ3n) is 1.90. The second-order valence-corrected chi connectivity index (χ2v) is 3.80. The van der Waals surface area contributed by atoms with Crippen molar-refractivity contribution in [2.75, 3.05) is 0 Å². The molecule has 0 saturated heterocycles. The van der Waals surface area contributed by atoms with Gasteiger partial charge in [0.2, 0.25) is 0 Å². The molecule has 92 valence electrons. The van der Waals surface area contributed by atoms with Gasteiger partial charge < -0.3 is 0 Å². The molecule has 0 bridgehead atoms. The lowest BCUT2D eigenvalue weighted by Crippen LogP contribution is -2.05. The predicted molar refractivity (Wildman–Crippen MR) is 61.3 cm³/mol. The average molecular weight is 232 g/mol. The zero-order valence-corrected chi connectivity index (χ0v) is 10.2. The Kier molecular flexibility index (Phi) is 6.16. The number of hydrogen-bond acceptors (Lipinski definition) is 0. The fourth-order valence-electron chi connectivity index (χ4n) is 1.35. The third kappa shape index (κ3) is 5.19. The number of halogens is 3. The third-order valence-corrected chi connectivity index (χ3v) is 1.90. The summed E-state index contributed by atoms with van der Waals surface area (Å²) in [5, 5.41) is 0. The van der Waals surface area contributed by atoms with Gasteiger partial charge in [-0.25, -0.2) is 0 Å². The van der Waals surface area contributed by atoms with E-state index in [2.05, 4.69) is 0 Å². The van der Waals surface area contributed by atoms with Gasteiger partial charge >= 0.3 is 6.18 Å². The first-order valence-corrected chi connectivity index (χ1v) is 5.55. The predicted octanol–water partition coefficient (Wildman–Crippen LogP) is 4.93. The van der Waals surface area contributed by atoms with Crippen molar-refractivity contribution in [1.82, 2.24) is 0 Å². The Bertz CT molecular complexity index is 300. The van der Waals surface area contributed by atoms with Gasteiger partial charge in [-0.3, -0.25) is 0 Å². The van der Waals surface area contributed by atoms with Crippen LogP contribution in [0.15, 0.2) is 24.3 Å². The summed E-state index contributed by atoms with van der Waals surface area (Å²) in [7, 11) is 0. The second kappa shape index (κ2) is 6.56. The van der Waals surface area contributed by atoms with Crippen LogP contribution >= 0.6 is 0 Å². The van der Waals surface area contributed by atoms with E-state index in [1.165, 1.54) is 12.1 Å². The highest BCUT2D eigenvalue weighted by Gasteiger charge is 2.30. The molecule has 0 fully saturated rings. The number of benzene rings is 1. The Balaban J connectivity index is 0.00000106. The zero-order chi connectivity index (χ0) is 12.8. The smallest absolute Gasteiger partial charge is 0.166 e. The fraction of sp³-hybridized carbons (Fsp3) is 0.538. The van der Waals surface area contributed by atoms with Crippen LogP contribution in [0.5, 0.6) is 0 Å². The lowest BCUT2D eigenvalue weighted by Gasteiger charge is -2.09. The highest BCUT2D eigenvalue weighted by molar-refractivity contribution is 5.25. The zero-order valence-electron chi connectivity index (χ0n) is 10.2. The molecule has 0 unspecified atom stereocenters. The Hall–Kier alpha value is -0.990. The van der Waals surface area contributed by atoms with Crippen LogP contribution in [0, 0.1) is 5.92 Å². The molecule has 0 nitrogen and oxygen atoms in total. The van der Waals surface area contributed by atoms with E-state index in [1.54, 1.807) is 6.07 Å². The van der Waals surface area contributed by atoms with Gasteiger partial charge in [-0.2, -0.15) is 13.2 Å². The van der Waals surface area contributed by atoms with E-state index in [4.69, 9.17) is 0 Å². The van der Waals surface area contributed by atoms with Crippen LogP contribution in [0.1, 0.15) is 38.8 Å². The van der Waals surface area contributed by atoms with Gasteiger partial charge in [-0.1, -0.05) is 45.9 Å². The van der Waals surface area contributed by atoms with E-state index < -0.39 is 11.7 Å². The summed E-state index contributed by atoms with van der Waals surface area (Å²) >= 11 is 0. The molecule has 0 spiro atoms. The largest absolute Gasteiger partial charge is 0.416 e. The topological polar surface area (TPSA) is 0 Å². The van der Waals surface area contributed by atoms with Gasteiger partial charge in [0.25, 0.3) is 0 Å². The quantitative estimate of drug-likeness (QED) is 0.678. The van der Waals surface area contributed by atoms with Crippen molar-refractivity contribution in [2.45, 2.75) is 40.3 Å². The summed E-state index contributed by atoms with van der Waals surface area (Å²) < 4.78 is 36.9. The van der Waals surface area contributed by atoms with Crippen molar-refractivity contribution < 1.29 is 13.2 Å². The molecule has 0 atom stereocenters. The maximum Gasteiger partial charge on any atom is 0.416 e. The molecule has 0 aromatic heterocycles. The van der Waals surface area contributed by atoms with Gasteiger partial charge in [0.05, 0.1) is 5.56 Å². The molecule has 0 heterocycles. The first-order chi connectivity index (χ1) is 7.39. The van der Waals surface area contributed by atoms with Crippen LogP contribution < -0.4 is 0 Å². The number of hydrogen-bond donors (Lipinski definition) is 0. The molecule has 0 amide bonds. The van der Waals surface area contributed by atoms with Gasteiger partial charge in [0, 0.05) is 0 Å². The lowest BCUT2D eigenvalue weighted by molar-refractivity contribution is -0.137. The molecule has 0 aliphatic carbocycles. The number of rotatable bonds is 2. The van der Waals surface area contributed by atoms with E-state index >= 15 is 0 Å². The maximum atomic E-state index is 12.3. The standard InChI is InChI=1S/C11H13F3.C2H6/c1-8(2)6-9-4-3-5-10(7-9)11(12,13)14;1-2/h3-5,7-8H,6H2,1-2H3;1-2H3. The van der Waals surface area contributed by atoms with Crippen molar-refractivity contribution in [3.8, 4) is 0 Å². The van der Waals surface area contributed by atoms with E-state index in [1.807, 2.05) is 27.7 Å². The molecule has 0 aliphatic heterocycles. The Morgan fingerprint density at radius 3 is 2.12 bits per heavy atom. The van der Waals surface area contributed by atoms with Gasteiger partial charge in [0.1, 0.15) is 0 Å². The van der Waals surface area contributed by atoms with Crippen LogP contribution in [0.25, 0.3) is 0 Å². The summed E-state index contributed by atoms with van der Waals surface area (Å²) in [5.41, 5.74) is 0.186. The normalized spacial score (nSPS) is 11.0. The summed E-state index contributed by atoms with van der Waals surface area (Å²) in [6, 6.07) is 5.51. The molecule has 1 rings (SSSR count).